The maximum Gasteiger partial charge on any atom is 0.340 e. The lowest BCUT2D eigenvalue weighted by atomic mass is 9.97. The van der Waals surface area contributed by atoms with Gasteiger partial charge in [-0.25, -0.2) is 4.79 Å². The van der Waals surface area contributed by atoms with Crippen LogP contribution in [-0.2, 0) is 4.74 Å². The molecule has 1 aromatic rings. The molecule has 0 bridgehead atoms. The predicted molar refractivity (Wildman–Crippen MR) is 83.6 cm³/mol. The summed E-state index contributed by atoms with van der Waals surface area (Å²) in [4.78, 5) is 14.6. The van der Waals surface area contributed by atoms with Crippen molar-refractivity contribution in [1.29, 1.82) is 0 Å². The van der Waals surface area contributed by atoms with Crippen molar-refractivity contribution in [1.82, 2.24) is 4.90 Å². The largest absolute Gasteiger partial charge is 0.462 e. The Morgan fingerprint density at radius 2 is 2.19 bits per heavy atom. The first-order valence-corrected chi connectivity index (χ1v) is 8.04. The van der Waals surface area contributed by atoms with Gasteiger partial charge in [-0.2, -0.15) is 0 Å². The van der Waals surface area contributed by atoms with Gasteiger partial charge in [0.1, 0.15) is 0 Å². The molecule has 2 fully saturated rings. The molecule has 0 aliphatic carbocycles. The number of nitrogens with zero attached hydrogens (tertiary/aromatic N) is 1. The quantitative estimate of drug-likeness (QED) is 0.865. The minimum Gasteiger partial charge on any atom is -0.462 e. The summed E-state index contributed by atoms with van der Waals surface area (Å²) in [5.74, 6) is -0.237. The van der Waals surface area contributed by atoms with Gasteiger partial charge in [0.2, 0.25) is 0 Å². The summed E-state index contributed by atoms with van der Waals surface area (Å²) in [6.07, 6.45) is 4.97. The van der Waals surface area contributed by atoms with Crippen molar-refractivity contribution in [3.8, 4) is 0 Å². The molecule has 0 amide bonds. The van der Waals surface area contributed by atoms with Gasteiger partial charge >= 0.3 is 5.97 Å². The molecular formula is C17H24N2O2. The van der Waals surface area contributed by atoms with Gasteiger partial charge in [-0.05, 0) is 51.3 Å². The van der Waals surface area contributed by atoms with Gasteiger partial charge in [0.05, 0.1) is 12.2 Å². The standard InChI is InChI=1S/C17H24N2O2/c1-2-21-17(20)15-7-3-4-8-16(15)18-13-9-11-19-10-5-6-14(19)12-13/h3-4,7-8,13-14,18H,2,5-6,9-12H2,1H3. The van der Waals surface area contributed by atoms with Gasteiger partial charge in [0.25, 0.3) is 0 Å². The van der Waals surface area contributed by atoms with Gasteiger partial charge < -0.3 is 15.0 Å². The highest BCUT2D eigenvalue weighted by Crippen LogP contribution is 2.29. The Morgan fingerprint density at radius 1 is 1.33 bits per heavy atom. The number of carbonyl (C=O) groups excluding carboxylic acids is 1. The zero-order valence-corrected chi connectivity index (χ0v) is 12.7. The van der Waals surface area contributed by atoms with Crippen molar-refractivity contribution in [2.45, 2.75) is 44.7 Å². The first kappa shape index (κ1) is 14.4. The Morgan fingerprint density at radius 3 is 3.05 bits per heavy atom. The summed E-state index contributed by atoms with van der Waals surface area (Å²) in [6, 6.07) is 8.86. The van der Waals surface area contributed by atoms with E-state index in [1.807, 2.05) is 31.2 Å². The maximum absolute atomic E-state index is 12.0. The van der Waals surface area contributed by atoms with E-state index in [1.165, 1.54) is 32.4 Å². The normalized spacial score (nSPS) is 25.4. The summed E-state index contributed by atoms with van der Waals surface area (Å²) in [7, 11) is 0. The highest BCUT2D eigenvalue weighted by Gasteiger charge is 2.31. The van der Waals surface area contributed by atoms with E-state index < -0.39 is 0 Å². The minimum absolute atomic E-state index is 0.237. The van der Waals surface area contributed by atoms with Crippen LogP contribution in [-0.4, -0.2) is 42.6 Å². The number of para-hydroxylation sites is 1. The van der Waals surface area contributed by atoms with E-state index in [1.54, 1.807) is 0 Å². The van der Waals surface area contributed by atoms with E-state index in [-0.39, 0.29) is 5.97 Å². The molecule has 0 aromatic heterocycles. The number of hydrogen-bond donors (Lipinski definition) is 1. The molecule has 2 saturated heterocycles. The van der Waals surface area contributed by atoms with Gasteiger partial charge in [-0.1, -0.05) is 12.1 Å². The molecule has 4 nitrogen and oxygen atoms in total. The van der Waals surface area contributed by atoms with E-state index in [9.17, 15) is 4.79 Å². The van der Waals surface area contributed by atoms with Crippen LogP contribution >= 0.6 is 0 Å². The molecule has 1 aromatic carbocycles. The summed E-state index contributed by atoms with van der Waals surface area (Å²) in [5.41, 5.74) is 1.56. The van der Waals surface area contributed by atoms with Crippen molar-refractivity contribution in [3.05, 3.63) is 29.8 Å². The summed E-state index contributed by atoms with van der Waals surface area (Å²) in [6.45, 7) is 4.68. The SMILES string of the molecule is CCOC(=O)c1ccccc1NC1CCN2CCCC2C1. The van der Waals surface area contributed by atoms with Crippen LogP contribution < -0.4 is 5.32 Å². The van der Waals surface area contributed by atoms with Crippen molar-refractivity contribution in [2.24, 2.45) is 0 Å². The zero-order chi connectivity index (χ0) is 14.7. The van der Waals surface area contributed by atoms with Crippen LogP contribution in [0.3, 0.4) is 0 Å². The highest BCUT2D eigenvalue weighted by atomic mass is 16.5. The first-order chi connectivity index (χ1) is 10.3. The fraction of sp³-hybridized carbons (Fsp3) is 0.588. The summed E-state index contributed by atoms with van der Waals surface area (Å²) >= 11 is 0. The molecular weight excluding hydrogens is 264 g/mol. The molecule has 1 N–H and O–H groups in total. The number of hydrogen-bond acceptors (Lipinski definition) is 4. The fourth-order valence-electron chi connectivity index (χ4n) is 3.57. The van der Waals surface area contributed by atoms with Crippen molar-refractivity contribution < 1.29 is 9.53 Å². The Kier molecular flexibility index (Phi) is 4.44. The van der Waals surface area contributed by atoms with Crippen LogP contribution in [0.2, 0.25) is 0 Å². The number of fused-ring (bicyclic) bond motifs is 1. The molecule has 0 radical (unpaired) electrons. The van der Waals surface area contributed by atoms with Gasteiger partial charge in [-0.3, -0.25) is 0 Å². The predicted octanol–water partition coefficient (Wildman–Crippen LogP) is 2.90. The minimum atomic E-state index is -0.237. The lowest BCUT2D eigenvalue weighted by Crippen LogP contribution is -2.42. The molecule has 2 heterocycles. The molecule has 114 valence electrons. The number of esters is 1. The van der Waals surface area contributed by atoms with E-state index in [0.29, 0.717) is 18.2 Å². The average Bonchev–Trinajstić information content (AvgIpc) is 2.95. The Labute approximate surface area is 126 Å². The number of rotatable bonds is 4. The van der Waals surface area contributed by atoms with E-state index >= 15 is 0 Å². The molecule has 2 atom stereocenters. The number of carbonyl (C=O) groups is 1. The average molecular weight is 288 g/mol. The Balaban J connectivity index is 1.68. The molecule has 2 aliphatic rings. The monoisotopic (exact) mass is 288 g/mol. The van der Waals surface area contributed by atoms with E-state index in [4.69, 9.17) is 4.74 Å². The number of benzene rings is 1. The van der Waals surface area contributed by atoms with Crippen LogP contribution in [0, 0.1) is 0 Å². The van der Waals surface area contributed by atoms with Crippen molar-refractivity contribution in [3.63, 3.8) is 0 Å². The lowest BCUT2D eigenvalue weighted by Gasteiger charge is -2.35. The Bertz CT molecular complexity index is 503. The van der Waals surface area contributed by atoms with Gasteiger partial charge in [-0.15, -0.1) is 0 Å². The Hall–Kier alpha value is -1.55. The van der Waals surface area contributed by atoms with Crippen LogP contribution in [0.1, 0.15) is 43.0 Å². The second-order valence-corrected chi connectivity index (χ2v) is 5.96. The number of nitrogens with one attached hydrogen (secondary N) is 1. The summed E-state index contributed by atoms with van der Waals surface area (Å²) < 4.78 is 5.14. The van der Waals surface area contributed by atoms with E-state index in [2.05, 4.69) is 10.2 Å². The summed E-state index contributed by atoms with van der Waals surface area (Å²) in [5, 5.41) is 3.57. The van der Waals surface area contributed by atoms with Crippen molar-refractivity contribution in [2.75, 3.05) is 25.0 Å². The van der Waals surface area contributed by atoms with Crippen LogP contribution in [0.15, 0.2) is 24.3 Å². The third kappa shape index (κ3) is 3.21. The number of piperidine rings is 1. The lowest BCUT2D eigenvalue weighted by molar-refractivity contribution is 0.0527. The van der Waals surface area contributed by atoms with Crippen molar-refractivity contribution >= 4 is 11.7 Å². The van der Waals surface area contributed by atoms with E-state index in [0.717, 1.165) is 18.2 Å². The molecule has 21 heavy (non-hydrogen) atoms. The maximum atomic E-state index is 12.0. The fourth-order valence-corrected chi connectivity index (χ4v) is 3.57. The van der Waals surface area contributed by atoms with Crippen LogP contribution in [0.4, 0.5) is 5.69 Å². The second-order valence-electron chi connectivity index (χ2n) is 5.96. The smallest absolute Gasteiger partial charge is 0.340 e. The molecule has 3 rings (SSSR count). The number of anilines is 1. The molecule has 0 saturated carbocycles. The zero-order valence-electron chi connectivity index (χ0n) is 12.7. The highest BCUT2D eigenvalue weighted by molar-refractivity contribution is 5.95. The topological polar surface area (TPSA) is 41.6 Å². The van der Waals surface area contributed by atoms with Gasteiger partial charge in [0, 0.05) is 24.3 Å². The number of ether oxygens (including phenoxy) is 1. The first-order valence-electron chi connectivity index (χ1n) is 8.04. The van der Waals surface area contributed by atoms with Crippen LogP contribution in [0.25, 0.3) is 0 Å². The molecule has 0 spiro atoms. The third-order valence-corrected chi connectivity index (χ3v) is 4.60. The van der Waals surface area contributed by atoms with Crippen LogP contribution in [0.5, 0.6) is 0 Å². The van der Waals surface area contributed by atoms with Gasteiger partial charge in [0.15, 0.2) is 0 Å². The molecule has 2 aliphatic heterocycles. The molecule has 2 unspecified atom stereocenters. The molecule has 4 heteroatoms. The second kappa shape index (κ2) is 6.48. The third-order valence-electron chi connectivity index (χ3n) is 4.60.